The second kappa shape index (κ2) is 8.97. The maximum absolute atomic E-state index is 12.5. The molecule has 1 aromatic heterocycles. The number of methoxy groups -OCH3 is 2. The Morgan fingerprint density at radius 2 is 1.72 bits per heavy atom. The van der Waals surface area contributed by atoms with E-state index < -0.39 is 0 Å². The van der Waals surface area contributed by atoms with E-state index in [0.717, 1.165) is 17.1 Å². The van der Waals surface area contributed by atoms with Crippen LogP contribution in [0.3, 0.4) is 0 Å². The van der Waals surface area contributed by atoms with E-state index >= 15 is 0 Å². The number of rotatable bonds is 7. The summed E-state index contributed by atoms with van der Waals surface area (Å²) in [7, 11) is 7.14. The average Bonchev–Trinajstić information content (AvgIpc) is 2.74. The van der Waals surface area contributed by atoms with Gasteiger partial charge in [-0.05, 0) is 48.5 Å². The van der Waals surface area contributed by atoms with Crippen LogP contribution in [0.25, 0.3) is 0 Å². The molecule has 7 nitrogen and oxygen atoms in total. The van der Waals surface area contributed by atoms with Crippen molar-refractivity contribution in [3.63, 3.8) is 0 Å². The Morgan fingerprint density at radius 1 is 0.966 bits per heavy atom. The molecule has 0 saturated heterocycles. The fraction of sp³-hybridized carbons (Fsp3) is 0.182. The van der Waals surface area contributed by atoms with Crippen LogP contribution >= 0.6 is 0 Å². The fourth-order valence-electron chi connectivity index (χ4n) is 2.70. The van der Waals surface area contributed by atoms with Crippen molar-refractivity contribution in [1.82, 2.24) is 4.98 Å². The predicted octanol–water partition coefficient (Wildman–Crippen LogP) is 4.16. The van der Waals surface area contributed by atoms with Crippen LogP contribution in [-0.4, -0.2) is 39.2 Å². The highest BCUT2D eigenvalue weighted by Crippen LogP contribution is 2.31. The van der Waals surface area contributed by atoms with Gasteiger partial charge in [-0.25, -0.2) is 4.98 Å². The first-order valence-corrected chi connectivity index (χ1v) is 9.04. The van der Waals surface area contributed by atoms with Gasteiger partial charge in [-0.3, -0.25) is 4.79 Å². The molecule has 150 valence electrons. The van der Waals surface area contributed by atoms with Gasteiger partial charge in [0.25, 0.3) is 5.91 Å². The number of benzene rings is 2. The third-order valence-electron chi connectivity index (χ3n) is 4.34. The predicted molar refractivity (Wildman–Crippen MR) is 116 cm³/mol. The van der Waals surface area contributed by atoms with Crippen LogP contribution < -0.4 is 25.0 Å². The molecule has 0 aliphatic carbocycles. The van der Waals surface area contributed by atoms with Gasteiger partial charge in [-0.15, -0.1) is 0 Å². The van der Waals surface area contributed by atoms with Gasteiger partial charge in [0, 0.05) is 37.7 Å². The molecule has 29 heavy (non-hydrogen) atoms. The number of carbonyl (C=O) groups excluding carboxylic acids is 1. The molecule has 1 amide bonds. The minimum absolute atomic E-state index is 0.222. The Balaban J connectivity index is 1.69. The Labute approximate surface area is 170 Å². The van der Waals surface area contributed by atoms with E-state index in [9.17, 15) is 4.79 Å². The molecule has 0 radical (unpaired) electrons. The number of carbonyl (C=O) groups is 1. The number of amides is 1. The summed E-state index contributed by atoms with van der Waals surface area (Å²) in [6, 6.07) is 16.5. The van der Waals surface area contributed by atoms with Gasteiger partial charge in [0.15, 0.2) is 0 Å². The largest absolute Gasteiger partial charge is 0.497 e. The first-order valence-electron chi connectivity index (χ1n) is 9.04. The highest BCUT2D eigenvalue weighted by atomic mass is 16.5. The quantitative estimate of drug-likeness (QED) is 0.629. The molecule has 0 unspecified atom stereocenters. The van der Waals surface area contributed by atoms with E-state index in [4.69, 9.17) is 9.47 Å². The van der Waals surface area contributed by atoms with E-state index in [1.54, 1.807) is 26.4 Å². The number of hydrogen-bond acceptors (Lipinski definition) is 6. The molecule has 0 aliphatic rings. The zero-order valence-electron chi connectivity index (χ0n) is 16.9. The smallest absolute Gasteiger partial charge is 0.257 e. The van der Waals surface area contributed by atoms with Crippen LogP contribution in [0.15, 0.2) is 60.8 Å². The molecule has 3 rings (SSSR count). The van der Waals surface area contributed by atoms with Crippen molar-refractivity contribution < 1.29 is 14.3 Å². The second-order valence-corrected chi connectivity index (χ2v) is 6.52. The Hall–Kier alpha value is -3.74. The summed E-state index contributed by atoms with van der Waals surface area (Å²) in [5.41, 5.74) is 2.97. The third-order valence-corrected chi connectivity index (χ3v) is 4.34. The summed E-state index contributed by atoms with van der Waals surface area (Å²) < 4.78 is 10.6. The summed E-state index contributed by atoms with van der Waals surface area (Å²) in [5.74, 6) is 1.73. The monoisotopic (exact) mass is 392 g/mol. The van der Waals surface area contributed by atoms with Crippen molar-refractivity contribution in [2.24, 2.45) is 0 Å². The van der Waals surface area contributed by atoms with Gasteiger partial charge in [0.1, 0.15) is 17.3 Å². The zero-order chi connectivity index (χ0) is 20.8. The molecule has 0 bridgehead atoms. The van der Waals surface area contributed by atoms with Gasteiger partial charge in [0.2, 0.25) is 0 Å². The van der Waals surface area contributed by atoms with Crippen molar-refractivity contribution in [1.29, 1.82) is 0 Å². The Kier molecular flexibility index (Phi) is 6.19. The van der Waals surface area contributed by atoms with Gasteiger partial charge in [-0.2, -0.15) is 0 Å². The molecule has 1 heterocycles. The zero-order valence-corrected chi connectivity index (χ0v) is 16.9. The van der Waals surface area contributed by atoms with E-state index in [1.165, 1.54) is 6.20 Å². The second-order valence-electron chi connectivity index (χ2n) is 6.52. The number of ether oxygens (including phenoxy) is 2. The average molecular weight is 392 g/mol. The van der Waals surface area contributed by atoms with Gasteiger partial charge in [-0.1, -0.05) is 0 Å². The lowest BCUT2D eigenvalue weighted by Crippen LogP contribution is -2.13. The van der Waals surface area contributed by atoms with Gasteiger partial charge < -0.3 is 25.0 Å². The lowest BCUT2D eigenvalue weighted by atomic mass is 10.2. The topological polar surface area (TPSA) is 75.7 Å². The van der Waals surface area contributed by atoms with Crippen LogP contribution in [0, 0.1) is 0 Å². The van der Waals surface area contributed by atoms with E-state index in [2.05, 4.69) is 15.6 Å². The number of aromatic nitrogens is 1. The van der Waals surface area contributed by atoms with Gasteiger partial charge in [0.05, 0.1) is 25.5 Å². The molecule has 3 aromatic rings. The summed E-state index contributed by atoms with van der Waals surface area (Å²) >= 11 is 0. The first-order chi connectivity index (χ1) is 14.0. The lowest BCUT2D eigenvalue weighted by molar-refractivity contribution is 0.102. The molecule has 2 aromatic carbocycles. The molecule has 0 fully saturated rings. The summed E-state index contributed by atoms with van der Waals surface area (Å²) in [6.07, 6.45) is 1.53. The van der Waals surface area contributed by atoms with Gasteiger partial charge >= 0.3 is 0 Å². The number of anilines is 4. The van der Waals surface area contributed by atoms with Crippen LogP contribution in [0.1, 0.15) is 10.4 Å². The molecular weight excluding hydrogens is 368 g/mol. The first kappa shape index (κ1) is 20.0. The van der Waals surface area contributed by atoms with Crippen LogP contribution in [0.5, 0.6) is 11.5 Å². The van der Waals surface area contributed by atoms with Crippen LogP contribution in [-0.2, 0) is 0 Å². The minimum Gasteiger partial charge on any atom is -0.497 e. The van der Waals surface area contributed by atoms with Crippen molar-refractivity contribution in [2.45, 2.75) is 0 Å². The summed E-state index contributed by atoms with van der Waals surface area (Å²) in [6.45, 7) is 0. The fourth-order valence-corrected chi connectivity index (χ4v) is 2.70. The molecule has 0 atom stereocenters. The van der Waals surface area contributed by atoms with Crippen molar-refractivity contribution in [3.8, 4) is 11.5 Å². The Bertz CT molecular complexity index is 970. The minimum atomic E-state index is -0.222. The summed E-state index contributed by atoms with van der Waals surface area (Å²) in [4.78, 5) is 18.8. The standard InChI is InChI=1S/C22H24N4O3/c1-26(2)17-8-6-16(7-9-17)24-22(27)15-5-12-21(23-14-15)25-19-13-18(28-3)10-11-20(19)29-4/h5-14H,1-4H3,(H,23,25)(H,24,27). The molecule has 7 heteroatoms. The number of nitrogens with zero attached hydrogens (tertiary/aromatic N) is 2. The SMILES string of the molecule is COc1ccc(OC)c(Nc2ccc(C(=O)Nc3ccc(N(C)C)cc3)cn2)c1. The van der Waals surface area contributed by atoms with Crippen molar-refractivity contribution in [2.75, 3.05) is 43.8 Å². The highest BCUT2D eigenvalue weighted by Gasteiger charge is 2.09. The summed E-state index contributed by atoms with van der Waals surface area (Å²) in [5, 5.41) is 6.05. The maximum atomic E-state index is 12.5. The highest BCUT2D eigenvalue weighted by molar-refractivity contribution is 6.04. The maximum Gasteiger partial charge on any atom is 0.257 e. The third kappa shape index (κ3) is 4.95. The molecule has 0 spiro atoms. The molecule has 2 N–H and O–H groups in total. The molecular formula is C22H24N4O3. The van der Waals surface area contributed by atoms with Crippen molar-refractivity contribution in [3.05, 3.63) is 66.4 Å². The number of nitrogens with one attached hydrogen (secondary N) is 2. The molecule has 0 saturated carbocycles. The van der Waals surface area contributed by atoms with Crippen LogP contribution in [0.2, 0.25) is 0 Å². The number of pyridine rings is 1. The van der Waals surface area contributed by atoms with E-state index in [1.807, 2.05) is 61.5 Å². The Morgan fingerprint density at radius 3 is 2.31 bits per heavy atom. The van der Waals surface area contributed by atoms with E-state index in [-0.39, 0.29) is 5.91 Å². The van der Waals surface area contributed by atoms with Crippen LogP contribution in [0.4, 0.5) is 22.9 Å². The van der Waals surface area contributed by atoms with Crippen molar-refractivity contribution >= 4 is 28.8 Å². The lowest BCUT2D eigenvalue weighted by Gasteiger charge is -2.13. The number of hydrogen-bond donors (Lipinski definition) is 2. The van der Waals surface area contributed by atoms with E-state index in [0.29, 0.717) is 22.9 Å². The normalized spacial score (nSPS) is 10.2. The molecule has 0 aliphatic heterocycles.